The van der Waals surface area contributed by atoms with Gasteiger partial charge in [0.2, 0.25) is 5.91 Å². The van der Waals surface area contributed by atoms with E-state index in [2.05, 4.69) is 10.8 Å². The van der Waals surface area contributed by atoms with Crippen molar-refractivity contribution >= 4 is 23.3 Å². The average Bonchev–Trinajstić information content (AvgIpc) is 2.81. The van der Waals surface area contributed by atoms with Gasteiger partial charge in [-0.3, -0.25) is 4.79 Å². The number of primary amides is 1. The number of alkyl halides is 1. The maximum Gasteiger partial charge on any atom is 0.232 e. The van der Waals surface area contributed by atoms with Crippen molar-refractivity contribution in [1.82, 2.24) is 9.78 Å². The Bertz CT molecular complexity index is 588. The number of nitrogens with zero attached hydrogens (tertiary/aromatic N) is 3. The maximum atomic E-state index is 9.46. The van der Waals surface area contributed by atoms with Crippen LogP contribution >= 0.6 is 11.6 Å². The van der Waals surface area contributed by atoms with E-state index in [9.17, 15) is 4.79 Å². The minimum atomic E-state index is -0.480. The molecule has 1 amide bonds. The highest BCUT2D eigenvalue weighted by molar-refractivity contribution is 6.27. The van der Waals surface area contributed by atoms with Crippen molar-refractivity contribution in [2.75, 3.05) is 11.6 Å². The van der Waals surface area contributed by atoms with Crippen molar-refractivity contribution in [2.45, 2.75) is 0 Å². The lowest BCUT2D eigenvalue weighted by Gasteiger charge is -2.01. The summed E-state index contributed by atoms with van der Waals surface area (Å²) in [6.45, 7) is 0. The van der Waals surface area contributed by atoms with Crippen LogP contribution in [0.1, 0.15) is 5.69 Å². The van der Waals surface area contributed by atoms with Crippen LogP contribution in [0.2, 0.25) is 0 Å². The van der Waals surface area contributed by atoms with E-state index < -0.39 is 5.91 Å². The second kappa shape index (κ2) is 7.03. The van der Waals surface area contributed by atoms with Crippen molar-refractivity contribution in [1.29, 1.82) is 5.26 Å². The highest BCUT2D eigenvalue weighted by Gasteiger charge is 2.04. The molecule has 0 saturated carbocycles. The first kappa shape index (κ1) is 14.5. The van der Waals surface area contributed by atoms with Crippen LogP contribution in [0.3, 0.4) is 0 Å². The molecule has 1 heterocycles. The van der Waals surface area contributed by atoms with Crippen LogP contribution in [0.25, 0.3) is 5.69 Å². The van der Waals surface area contributed by atoms with Gasteiger partial charge in [-0.05, 0) is 12.1 Å². The number of nitriles is 1. The Morgan fingerprint density at radius 3 is 2.42 bits per heavy atom. The Balaban J connectivity index is 0.000000312. The first-order valence-electron chi connectivity index (χ1n) is 5.23. The minimum Gasteiger partial charge on any atom is -0.384 e. The van der Waals surface area contributed by atoms with Gasteiger partial charge in [-0.25, -0.2) is 4.68 Å². The summed E-state index contributed by atoms with van der Waals surface area (Å²) in [5.41, 5.74) is 11.4. The van der Waals surface area contributed by atoms with Crippen LogP contribution in [0.15, 0.2) is 36.4 Å². The number of carbonyl (C=O) groups excluding carboxylic acids is 1. The Hall–Kier alpha value is -2.52. The Labute approximate surface area is 115 Å². The smallest absolute Gasteiger partial charge is 0.232 e. The van der Waals surface area contributed by atoms with Crippen molar-refractivity contribution in [3.05, 3.63) is 42.1 Å². The molecule has 1 aromatic carbocycles. The number of amides is 1. The summed E-state index contributed by atoms with van der Waals surface area (Å²) in [6.07, 6.45) is 0. The third-order valence-electron chi connectivity index (χ3n) is 1.98. The fraction of sp³-hybridized carbons (Fsp3) is 0.0833. The van der Waals surface area contributed by atoms with Crippen molar-refractivity contribution in [2.24, 2.45) is 5.73 Å². The van der Waals surface area contributed by atoms with Crippen molar-refractivity contribution in [3.63, 3.8) is 0 Å². The zero-order valence-corrected chi connectivity index (χ0v) is 10.7. The summed E-state index contributed by atoms with van der Waals surface area (Å²) in [6, 6.07) is 12.9. The largest absolute Gasteiger partial charge is 0.384 e. The predicted octanol–water partition coefficient (Wildman–Crippen LogP) is 1.04. The van der Waals surface area contributed by atoms with E-state index in [-0.39, 0.29) is 5.88 Å². The van der Waals surface area contributed by atoms with Crippen LogP contribution in [0.5, 0.6) is 0 Å². The average molecular weight is 278 g/mol. The van der Waals surface area contributed by atoms with Gasteiger partial charge in [-0.15, -0.1) is 11.6 Å². The van der Waals surface area contributed by atoms with E-state index in [1.807, 2.05) is 36.4 Å². The summed E-state index contributed by atoms with van der Waals surface area (Å²) < 4.78 is 1.54. The SMILES string of the molecule is N#Cc1cc(N)n(-c2ccccc2)n1.NC(=O)CCl. The summed E-state index contributed by atoms with van der Waals surface area (Å²) in [4.78, 5) is 9.46. The molecule has 4 N–H and O–H groups in total. The summed E-state index contributed by atoms with van der Waals surface area (Å²) in [5, 5.41) is 12.7. The molecule has 7 heteroatoms. The predicted molar refractivity (Wildman–Crippen MR) is 72.6 cm³/mol. The second-order valence-corrected chi connectivity index (χ2v) is 3.68. The number of benzene rings is 1. The number of rotatable bonds is 2. The summed E-state index contributed by atoms with van der Waals surface area (Å²) >= 11 is 4.86. The number of anilines is 1. The lowest BCUT2D eigenvalue weighted by atomic mass is 10.3. The van der Waals surface area contributed by atoms with E-state index in [0.29, 0.717) is 11.5 Å². The second-order valence-electron chi connectivity index (χ2n) is 3.41. The van der Waals surface area contributed by atoms with Gasteiger partial charge in [-0.1, -0.05) is 18.2 Å². The van der Waals surface area contributed by atoms with Gasteiger partial charge >= 0.3 is 0 Å². The van der Waals surface area contributed by atoms with Crippen LogP contribution in [0, 0.1) is 11.3 Å². The fourth-order valence-corrected chi connectivity index (χ4v) is 1.23. The number of aromatic nitrogens is 2. The molecule has 6 nitrogen and oxygen atoms in total. The summed E-state index contributed by atoms with van der Waals surface area (Å²) in [5.74, 6) is -0.0978. The van der Waals surface area contributed by atoms with Gasteiger partial charge in [0, 0.05) is 6.07 Å². The lowest BCUT2D eigenvalue weighted by Crippen LogP contribution is -2.10. The van der Waals surface area contributed by atoms with E-state index in [1.54, 1.807) is 10.7 Å². The lowest BCUT2D eigenvalue weighted by molar-refractivity contribution is -0.115. The minimum absolute atomic E-state index is 0.0833. The van der Waals surface area contributed by atoms with Crippen LogP contribution in [-0.2, 0) is 4.79 Å². The van der Waals surface area contributed by atoms with E-state index in [1.165, 1.54) is 0 Å². The Morgan fingerprint density at radius 1 is 1.42 bits per heavy atom. The Morgan fingerprint density at radius 2 is 2.00 bits per heavy atom. The van der Waals surface area contributed by atoms with Gasteiger partial charge < -0.3 is 11.5 Å². The van der Waals surface area contributed by atoms with Gasteiger partial charge in [-0.2, -0.15) is 10.4 Å². The van der Waals surface area contributed by atoms with Gasteiger partial charge in [0.25, 0.3) is 0 Å². The number of halogens is 1. The molecule has 2 aromatic rings. The van der Waals surface area contributed by atoms with Gasteiger partial charge in [0.05, 0.1) is 5.69 Å². The zero-order valence-electron chi connectivity index (χ0n) is 9.95. The first-order valence-corrected chi connectivity index (χ1v) is 5.77. The molecule has 0 fully saturated rings. The van der Waals surface area contributed by atoms with Gasteiger partial charge in [0.1, 0.15) is 17.8 Å². The highest BCUT2D eigenvalue weighted by Crippen LogP contribution is 2.13. The third kappa shape index (κ3) is 4.33. The molecule has 0 bridgehead atoms. The maximum absolute atomic E-state index is 9.46. The first-order chi connectivity index (χ1) is 9.08. The molecule has 0 aliphatic carbocycles. The number of nitrogen functional groups attached to an aromatic ring is 1. The number of hydrogen-bond acceptors (Lipinski definition) is 4. The van der Waals surface area contributed by atoms with Crippen LogP contribution in [0.4, 0.5) is 5.82 Å². The quantitative estimate of drug-likeness (QED) is 0.799. The fourth-order valence-electron chi connectivity index (χ4n) is 1.23. The molecular formula is C12H12ClN5O. The molecule has 1 aromatic heterocycles. The number of para-hydroxylation sites is 1. The Kier molecular flexibility index (Phi) is 5.38. The third-order valence-corrected chi connectivity index (χ3v) is 2.25. The van der Waals surface area contributed by atoms with E-state index in [0.717, 1.165) is 5.69 Å². The topological polar surface area (TPSA) is 111 Å². The van der Waals surface area contributed by atoms with Crippen molar-refractivity contribution < 1.29 is 4.79 Å². The molecule has 0 atom stereocenters. The van der Waals surface area contributed by atoms with Crippen molar-refractivity contribution in [3.8, 4) is 11.8 Å². The molecule has 0 radical (unpaired) electrons. The molecule has 0 unspecified atom stereocenters. The normalized spacial score (nSPS) is 9.05. The zero-order chi connectivity index (χ0) is 14.3. The number of hydrogen-bond donors (Lipinski definition) is 2. The van der Waals surface area contributed by atoms with Gasteiger partial charge in [0.15, 0.2) is 5.69 Å². The molecule has 0 aliphatic rings. The number of carbonyl (C=O) groups is 1. The molecule has 0 spiro atoms. The van der Waals surface area contributed by atoms with Crippen LogP contribution < -0.4 is 11.5 Å². The molecular weight excluding hydrogens is 266 g/mol. The molecule has 98 valence electrons. The van der Waals surface area contributed by atoms with E-state index in [4.69, 9.17) is 22.6 Å². The standard InChI is InChI=1S/C10H8N4.C2H4ClNO/c11-7-8-6-10(12)14(13-8)9-4-2-1-3-5-9;3-1-2(4)5/h1-6H,12H2;1H2,(H2,4,5). The summed E-state index contributed by atoms with van der Waals surface area (Å²) in [7, 11) is 0. The molecule has 0 saturated heterocycles. The molecule has 0 aliphatic heterocycles. The number of nitrogens with two attached hydrogens (primary N) is 2. The monoisotopic (exact) mass is 277 g/mol. The van der Waals surface area contributed by atoms with E-state index >= 15 is 0 Å². The highest BCUT2D eigenvalue weighted by atomic mass is 35.5. The molecule has 19 heavy (non-hydrogen) atoms. The molecule has 2 rings (SSSR count). The van der Waals surface area contributed by atoms with Crippen LogP contribution in [-0.4, -0.2) is 21.6 Å².